The van der Waals surface area contributed by atoms with E-state index < -0.39 is 5.97 Å². The Kier molecular flexibility index (Phi) is 15.9. The number of hydrogen-bond donors (Lipinski definition) is 5. The van der Waals surface area contributed by atoms with E-state index >= 15 is 0 Å². The molecule has 2 rings (SSSR count). The Morgan fingerprint density at radius 3 is 1.54 bits per heavy atom. The molecule has 0 aromatic heterocycles. The molecule has 0 atom stereocenters. The molecule has 0 heterocycles. The van der Waals surface area contributed by atoms with Gasteiger partial charge in [0.15, 0.2) is 0 Å². The first-order chi connectivity index (χ1) is 13.5. The molecule has 1 amide bonds. The first-order valence-electron chi connectivity index (χ1n) is 9.06. The fourth-order valence-corrected chi connectivity index (χ4v) is 2.24. The summed E-state index contributed by atoms with van der Waals surface area (Å²) in [5, 5.41) is 23.9. The van der Waals surface area contributed by atoms with Crippen molar-refractivity contribution in [3.63, 3.8) is 0 Å². The highest BCUT2D eigenvalue weighted by Crippen LogP contribution is 2.04. The van der Waals surface area contributed by atoms with Gasteiger partial charge in [0.1, 0.15) is 0 Å². The molecule has 0 saturated carbocycles. The molecule has 154 valence electrons. The molecule has 0 aliphatic heterocycles. The van der Waals surface area contributed by atoms with Crippen molar-refractivity contribution in [2.45, 2.75) is 38.5 Å². The van der Waals surface area contributed by atoms with Crippen LogP contribution < -0.4 is 11.0 Å². The van der Waals surface area contributed by atoms with Gasteiger partial charge >= 0.3 is 5.97 Å². The van der Waals surface area contributed by atoms with Gasteiger partial charge in [-0.3, -0.25) is 14.8 Å². The lowest BCUT2D eigenvalue weighted by Gasteiger charge is -1.99. The normalized spacial score (nSPS) is 9.25. The van der Waals surface area contributed by atoms with Crippen LogP contribution in [0.15, 0.2) is 60.7 Å². The number of hydrogen-bond acceptors (Lipinski definition) is 5. The molecule has 28 heavy (non-hydrogen) atoms. The lowest BCUT2D eigenvalue weighted by atomic mass is 10.1. The van der Waals surface area contributed by atoms with Gasteiger partial charge in [0.25, 0.3) is 0 Å². The van der Waals surface area contributed by atoms with Crippen molar-refractivity contribution in [2.24, 2.45) is 0 Å². The van der Waals surface area contributed by atoms with Gasteiger partial charge in [-0.2, -0.15) is 0 Å². The van der Waals surface area contributed by atoms with Crippen molar-refractivity contribution in [2.75, 3.05) is 7.05 Å². The first-order valence-corrected chi connectivity index (χ1v) is 9.06. The molecule has 0 saturated heterocycles. The second-order valence-electron chi connectivity index (χ2n) is 5.83. The third-order valence-corrected chi connectivity index (χ3v) is 3.54. The second-order valence-corrected chi connectivity index (χ2v) is 5.83. The molecule has 0 spiro atoms. The summed E-state index contributed by atoms with van der Waals surface area (Å²) in [5.74, 6) is -1.04. The minimum Gasteiger partial charge on any atom is -0.481 e. The summed E-state index contributed by atoms with van der Waals surface area (Å²) in [6.07, 6.45) is 3.83. The van der Waals surface area contributed by atoms with Gasteiger partial charge in [-0.25, -0.2) is 11.0 Å². The molecule has 0 fully saturated rings. The van der Waals surface area contributed by atoms with Crippen LogP contribution in [0.1, 0.15) is 36.8 Å². The average molecular weight is 390 g/mol. The monoisotopic (exact) mass is 390 g/mol. The van der Waals surface area contributed by atoms with Crippen LogP contribution in [0.25, 0.3) is 0 Å². The van der Waals surface area contributed by atoms with Crippen LogP contribution in [0.4, 0.5) is 0 Å². The number of rotatable bonds is 8. The Bertz CT molecular complexity index is 636. The van der Waals surface area contributed by atoms with E-state index in [4.69, 9.17) is 15.5 Å². The van der Waals surface area contributed by atoms with Gasteiger partial charge < -0.3 is 10.3 Å². The van der Waals surface area contributed by atoms with Crippen molar-refractivity contribution < 1.29 is 25.1 Å². The highest BCUT2D eigenvalue weighted by atomic mass is 16.5. The molecular formula is C21H30N2O5. The van der Waals surface area contributed by atoms with E-state index in [1.807, 2.05) is 60.7 Å². The lowest BCUT2D eigenvalue weighted by Crippen LogP contribution is -2.18. The van der Waals surface area contributed by atoms with E-state index in [2.05, 4.69) is 0 Å². The third kappa shape index (κ3) is 15.5. The fraction of sp³-hybridized carbons (Fsp3) is 0.333. The van der Waals surface area contributed by atoms with Gasteiger partial charge in [0.05, 0.1) is 0 Å². The predicted octanol–water partition coefficient (Wildman–Crippen LogP) is 3.20. The summed E-state index contributed by atoms with van der Waals surface area (Å²) in [6, 6.07) is 19.9. The number of aryl methyl sites for hydroxylation is 2. The van der Waals surface area contributed by atoms with Crippen LogP contribution in [0.2, 0.25) is 0 Å². The highest BCUT2D eigenvalue weighted by molar-refractivity contribution is 5.74. The number of carboxylic acids is 1. The average Bonchev–Trinajstić information content (AvgIpc) is 2.70. The standard InChI is InChI=1S/C10H13NO2.C10H12O2.CH5NO/c12-10(11-13)8-4-7-9-5-2-1-3-6-9;11-10(12)8-4-7-9-5-2-1-3-6-9;1-2-3/h1-3,5-6,13H,4,7-8H2,(H,11,12);1-3,5-6H,4,7-8H2,(H,11,12);2-3H,1H3. The topological polar surface area (TPSA) is 119 Å². The summed E-state index contributed by atoms with van der Waals surface area (Å²) in [7, 11) is 1.43. The third-order valence-electron chi connectivity index (χ3n) is 3.54. The van der Waals surface area contributed by atoms with Crippen molar-refractivity contribution in [3.8, 4) is 0 Å². The highest BCUT2D eigenvalue weighted by Gasteiger charge is 1.98. The summed E-state index contributed by atoms with van der Waals surface area (Å²) in [5.41, 5.74) is 5.79. The number of carbonyl (C=O) groups is 2. The number of carbonyl (C=O) groups excluding carboxylic acids is 1. The van der Waals surface area contributed by atoms with E-state index in [1.54, 1.807) is 11.0 Å². The first kappa shape index (κ1) is 25.3. The Labute approximate surface area is 165 Å². The summed E-state index contributed by atoms with van der Waals surface area (Å²) in [4.78, 5) is 20.8. The van der Waals surface area contributed by atoms with E-state index in [0.717, 1.165) is 25.7 Å². The number of hydroxylamine groups is 2. The van der Waals surface area contributed by atoms with Gasteiger partial charge in [0.2, 0.25) is 5.91 Å². The van der Waals surface area contributed by atoms with Gasteiger partial charge in [0, 0.05) is 19.9 Å². The van der Waals surface area contributed by atoms with Crippen LogP contribution >= 0.6 is 0 Å². The van der Waals surface area contributed by atoms with Gasteiger partial charge in [-0.15, -0.1) is 0 Å². The lowest BCUT2D eigenvalue weighted by molar-refractivity contribution is -0.137. The number of aliphatic carboxylic acids is 1. The van der Waals surface area contributed by atoms with Crippen LogP contribution in [-0.4, -0.2) is 34.4 Å². The van der Waals surface area contributed by atoms with Crippen LogP contribution in [0.3, 0.4) is 0 Å². The quantitative estimate of drug-likeness (QED) is 0.349. The van der Waals surface area contributed by atoms with Crippen LogP contribution in [0, 0.1) is 0 Å². The van der Waals surface area contributed by atoms with Gasteiger partial charge in [-0.05, 0) is 36.8 Å². The Morgan fingerprint density at radius 1 is 0.786 bits per heavy atom. The zero-order chi connectivity index (χ0) is 21.0. The largest absolute Gasteiger partial charge is 0.481 e. The number of amides is 1. The number of carboxylic acid groups (broad SMARTS) is 1. The summed E-state index contributed by atoms with van der Waals surface area (Å²) >= 11 is 0. The van der Waals surface area contributed by atoms with Crippen molar-refractivity contribution in [3.05, 3.63) is 71.8 Å². The Balaban J connectivity index is 0.000000458. The second kappa shape index (κ2) is 17.7. The molecule has 0 unspecified atom stereocenters. The maximum Gasteiger partial charge on any atom is 0.303 e. The van der Waals surface area contributed by atoms with Crippen molar-refractivity contribution >= 4 is 11.9 Å². The Hall–Kier alpha value is -2.74. The molecule has 5 N–H and O–H groups in total. The van der Waals surface area contributed by atoms with E-state index in [1.165, 1.54) is 18.2 Å². The Morgan fingerprint density at radius 2 is 1.18 bits per heavy atom. The van der Waals surface area contributed by atoms with E-state index in [-0.39, 0.29) is 12.3 Å². The zero-order valence-electron chi connectivity index (χ0n) is 16.2. The number of nitrogens with one attached hydrogen (secondary N) is 2. The van der Waals surface area contributed by atoms with Crippen molar-refractivity contribution in [1.29, 1.82) is 0 Å². The van der Waals surface area contributed by atoms with Gasteiger partial charge in [-0.1, -0.05) is 60.7 Å². The smallest absolute Gasteiger partial charge is 0.303 e. The zero-order valence-corrected chi connectivity index (χ0v) is 16.2. The molecule has 7 heteroatoms. The maximum atomic E-state index is 10.6. The van der Waals surface area contributed by atoms with E-state index in [9.17, 15) is 9.59 Å². The summed E-state index contributed by atoms with van der Waals surface area (Å²) < 4.78 is 0. The molecule has 0 bridgehead atoms. The molecule has 2 aromatic rings. The number of benzene rings is 2. The maximum absolute atomic E-state index is 10.6. The molecule has 7 nitrogen and oxygen atoms in total. The van der Waals surface area contributed by atoms with Crippen LogP contribution in [-0.2, 0) is 22.4 Å². The molecule has 0 aliphatic rings. The SMILES string of the molecule is CNO.O=C(CCCc1ccccc1)NO.O=C(O)CCCc1ccccc1. The molecular weight excluding hydrogens is 360 g/mol. The molecule has 2 aromatic carbocycles. The van der Waals surface area contributed by atoms with E-state index in [0.29, 0.717) is 6.42 Å². The van der Waals surface area contributed by atoms with Crippen LogP contribution in [0.5, 0.6) is 0 Å². The summed E-state index contributed by atoms with van der Waals surface area (Å²) in [6.45, 7) is 0. The predicted molar refractivity (Wildman–Crippen MR) is 107 cm³/mol. The minimum absolute atomic E-state index is 0.259. The molecule has 0 radical (unpaired) electrons. The fourth-order valence-electron chi connectivity index (χ4n) is 2.24. The minimum atomic E-state index is -0.717. The van der Waals surface area contributed by atoms with Crippen molar-refractivity contribution in [1.82, 2.24) is 11.0 Å². The molecule has 0 aliphatic carbocycles.